The zero-order chi connectivity index (χ0) is 13.6. The summed E-state index contributed by atoms with van der Waals surface area (Å²) in [7, 11) is 0. The lowest BCUT2D eigenvalue weighted by Gasteiger charge is -2.21. The van der Waals surface area contributed by atoms with Crippen molar-refractivity contribution in [3.8, 4) is 5.75 Å². The van der Waals surface area contributed by atoms with Crippen LogP contribution in [-0.4, -0.2) is 13.2 Å². The Morgan fingerprint density at radius 2 is 2.06 bits per heavy atom. The van der Waals surface area contributed by atoms with Crippen molar-refractivity contribution in [2.75, 3.05) is 13.2 Å². The van der Waals surface area contributed by atoms with Gasteiger partial charge in [0.05, 0.1) is 11.1 Å². The molecule has 1 rings (SSSR count). The second kappa shape index (κ2) is 7.37. The Bertz CT molecular complexity index is 382. The molecule has 1 aromatic carbocycles. The molecule has 0 aliphatic rings. The SMILES string of the molecule is CC(C)(CN)CCCCOc1ccc(Cl)cc1Br. The first-order chi connectivity index (χ1) is 8.44. The van der Waals surface area contributed by atoms with Gasteiger partial charge in [-0.1, -0.05) is 25.4 Å². The Morgan fingerprint density at radius 1 is 1.33 bits per heavy atom. The van der Waals surface area contributed by atoms with Gasteiger partial charge in [0.25, 0.3) is 0 Å². The molecule has 18 heavy (non-hydrogen) atoms. The summed E-state index contributed by atoms with van der Waals surface area (Å²) >= 11 is 9.30. The minimum atomic E-state index is 0.237. The lowest BCUT2D eigenvalue weighted by Crippen LogP contribution is -2.23. The van der Waals surface area contributed by atoms with Crippen molar-refractivity contribution in [3.63, 3.8) is 0 Å². The summed E-state index contributed by atoms with van der Waals surface area (Å²) in [6.07, 6.45) is 3.31. The minimum absolute atomic E-state index is 0.237. The summed E-state index contributed by atoms with van der Waals surface area (Å²) < 4.78 is 6.60. The van der Waals surface area contributed by atoms with Crippen LogP contribution in [0.15, 0.2) is 22.7 Å². The van der Waals surface area contributed by atoms with Crippen LogP contribution in [0.1, 0.15) is 33.1 Å². The molecule has 0 aliphatic carbocycles. The van der Waals surface area contributed by atoms with E-state index in [1.165, 1.54) is 0 Å². The smallest absolute Gasteiger partial charge is 0.133 e. The molecule has 0 aromatic heterocycles. The largest absolute Gasteiger partial charge is 0.492 e. The fraction of sp³-hybridized carbons (Fsp3) is 0.571. The molecule has 0 saturated heterocycles. The highest BCUT2D eigenvalue weighted by molar-refractivity contribution is 9.10. The van der Waals surface area contributed by atoms with Crippen molar-refractivity contribution in [1.82, 2.24) is 0 Å². The van der Waals surface area contributed by atoms with E-state index in [0.29, 0.717) is 5.02 Å². The first-order valence-corrected chi connectivity index (χ1v) is 7.40. The van der Waals surface area contributed by atoms with Crippen molar-refractivity contribution < 1.29 is 4.74 Å². The third-order valence-electron chi connectivity index (χ3n) is 2.95. The lowest BCUT2D eigenvalue weighted by molar-refractivity contribution is 0.278. The van der Waals surface area contributed by atoms with E-state index in [0.717, 1.165) is 42.6 Å². The molecule has 0 aliphatic heterocycles. The lowest BCUT2D eigenvalue weighted by atomic mass is 9.87. The fourth-order valence-corrected chi connectivity index (χ4v) is 2.38. The average molecular weight is 335 g/mol. The van der Waals surface area contributed by atoms with Gasteiger partial charge >= 0.3 is 0 Å². The van der Waals surface area contributed by atoms with E-state index in [1.54, 1.807) is 0 Å². The van der Waals surface area contributed by atoms with Gasteiger partial charge in [0.2, 0.25) is 0 Å². The quantitative estimate of drug-likeness (QED) is 0.737. The zero-order valence-corrected chi connectivity index (χ0v) is 13.4. The molecule has 0 bridgehead atoms. The molecule has 0 atom stereocenters. The minimum Gasteiger partial charge on any atom is -0.492 e. The van der Waals surface area contributed by atoms with E-state index in [1.807, 2.05) is 18.2 Å². The number of hydrogen-bond acceptors (Lipinski definition) is 2. The van der Waals surface area contributed by atoms with Gasteiger partial charge in [0.15, 0.2) is 0 Å². The number of rotatable bonds is 7. The first kappa shape index (κ1) is 15.8. The summed E-state index contributed by atoms with van der Waals surface area (Å²) in [5.41, 5.74) is 5.93. The second-order valence-corrected chi connectivity index (χ2v) is 6.54. The number of hydrogen-bond donors (Lipinski definition) is 1. The molecule has 0 amide bonds. The van der Waals surface area contributed by atoms with E-state index < -0.39 is 0 Å². The van der Waals surface area contributed by atoms with Gasteiger partial charge in [-0.05, 0) is 65.4 Å². The maximum Gasteiger partial charge on any atom is 0.133 e. The molecule has 102 valence electrons. The Balaban J connectivity index is 2.26. The van der Waals surface area contributed by atoms with Crippen LogP contribution in [0.4, 0.5) is 0 Å². The van der Waals surface area contributed by atoms with Crippen LogP contribution in [0, 0.1) is 5.41 Å². The van der Waals surface area contributed by atoms with Crippen LogP contribution in [0.2, 0.25) is 5.02 Å². The van der Waals surface area contributed by atoms with Crippen molar-refractivity contribution in [1.29, 1.82) is 0 Å². The van der Waals surface area contributed by atoms with Crippen molar-refractivity contribution >= 4 is 27.5 Å². The zero-order valence-electron chi connectivity index (χ0n) is 11.0. The maximum absolute atomic E-state index is 5.87. The van der Waals surface area contributed by atoms with Gasteiger partial charge in [0, 0.05) is 5.02 Å². The summed E-state index contributed by atoms with van der Waals surface area (Å²) in [5.74, 6) is 0.845. The van der Waals surface area contributed by atoms with Crippen LogP contribution in [-0.2, 0) is 0 Å². The van der Waals surface area contributed by atoms with Crippen LogP contribution in [0.3, 0.4) is 0 Å². The van der Waals surface area contributed by atoms with E-state index in [2.05, 4.69) is 29.8 Å². The van der Waals surface area contributed by atoms with Gasteiger partial charge in [-0.25, -0.2) is 0 Å². The average Bonchev–Trinajstić information content (AvgIpc) is 2.31. The third kappa shape index (κ3) is 5.59. The van der Waals surface area contributed by atoms with E-state index in [4.69, 9.17) is 22.1 Å². The highest BCUT2D eigenvalue weighted by atomic mass is 79.9. The molecular weight excluding hydrogens is 314 g/mol. The Morgan fingerprint density at radius 3 is 2.67 bits per heavy atom. The van der Waals surface area contributed by atoms with Gasteiger partial charge in [0.1, 0.15) is 5.75 Å². The molecule has 0 radical (unpaired) electrons. The highest BCUT2D eigenvalue weighted by Crippen LogP contribution is 2.28. The maximum atomic E-state index is 5.87. The molecule has 2 nitrogen and oxygen atoms in total. The van der Waals surface area contributed by atoms with Gasteiger partial charge in [-0.2, -0.15) is 0 Å². The molecule has 0 fully saturated rings. The topological polar surface area (TPSA) is 35.2 Å². The molecular formula is C14H21BrClNO. The monoisotopic (exact) mass is 333 g/mol. The molecule has 1 aromatic rings. The van der Waals surface area contributed by atoms with Crippen LogP contribution in [0.5, 0.6) is 5.75 Å². The highest BCUT2D eigenvalue weighted by Gasteiger charge is 2.14. The Kier molecular flexibility index (Phi) is 6.47. The van der Waals surface area contributed by atoms with E-state index in [9.17, 15) is 0 Å². The summed E-state index contributed by atoms with van der Waals surface area (Å²) in [4.78, 5) is 0. The third-order valence-corrected chi connectivity index (χ3v) is 3.81. The molecule has 0 spiro atoms. The summed E-state index contributed by atoms with van der Waals surface area (Å²) in [5, 5.41) is 0.707. The van der Waals surface area contributed by atoms with Gasteiger partial charge in [-0.15, -0.1) is 0 Å². The van der Waals surface area contributed by atoms with Gasteiger partial charge < -0.3 is 10.5 Å². The summed E-state index contributed by atoms with van der Waals surface area (Å²) in [6.45, 7) is 5.85. The predicted octanol–water partition coefficient (Wildman–Crippen LogP) is 4.64. The Labute approximate surface area is 123 Å². The first-order valence-electron chi connectivity index (χ1n) is 6.22. The molecule has 0 heterocycles. The number of nitrogens with two attached hydrogens (primary N) is 1. The van der Waals surface area contributed by atoms with Crippen molar-refractivity contribution in [2.24, 2.45) is 11.1 Å². The molecule has 0 unspecified atom stereocenters. The van der Waals surface area contributed by atoms with Crippen molar-refractivity contribution in [3.05, 3.63) is 27.7 Å². The number of halogens is 2. The standard InChI is InChI=1S/C14H21BrClNO/c1-14(2,10-17)7-3-4-8-18-13-6-5-11(16)9-12(13)15/h5-6,9H,3-4,7-8,10,17H2,1-2H3. The molecule has 2 N–H and O–H groups in total. The normalized spacial score (nSPS) is 11.6. The molecule has 0 saturated carbocycles. The van der Waals surface area contributed by atoms with E-state index in [-0.39, 0.29) is 5.41 Å². The second-order valence-electron chi connectivity index (χ2n) is 5.25. The number of unbranched alkanes of at least 4 members (excludes halogenated alkanes) is 1. The van der Waals surface area contributed by atoms with Crippen LogP contribution < -0.4 is 10.5 Å². The van der Waals surface area contributed by atoms with Crippen molar-refractivity contribution in [2.45, 2.75) is 33.1 Å². The van der Waals surface area contributed by atoms with E-state index >= 15 is 0 Å². The Hall–Kier alpha value is -0.250. The predicted molar refractivity (Wildman–Crippen MR) is 81.3 cm³/mol. The van der Waals surface area contributed by atoms with Crippen LogP contribution in [0.25, 0.3) is 0 Å². The number of benzene rings is 1. The molecule has 4 heteroatoms. The van der Waals surface area contributed by atoms with Crippen LogP contribution >= 0.6 is 27.5 Å². The van der Waals surface area contributed by atoms with Gasteiger partial charge in [-0.3, -0.25) is 0 Å². The number of ether oxygens (including phenoxy) is 1. The summed E-state index contributed by atoms with van der Waals surface area (Å²) in [6, 6.07) is 5.56. The fourth-order valence-electron chi connectivity index (χ4n) is 1.58.